The number of fused-ring (bicyclic) bond motifs is 1. The number of hydrogen-bond acceptors (Lipinski definition) is 3. The summed E-state index contributed by atoms with van der Waals surface area (Å²) < 4.78 is 6.54. The van der Waals surface area contributed by atoms with Gasteiger partial charge in [-0.15, -0.1) is 0 Å². The van der Waals surface area contributed by atoms with Gasteiger partial charge in [-0.2, -0.15) is 0 Å². The molecule has 0 aromatic heterocycles. The van der Waals surface area contributed by atoms with Crippen molar-refractivity contribution in [1.82, 2.24) is 10.2 Å². The van der Waals surface area contributed by atoms with Crippen molar-refractivity contribution >= 4 is 0 Å². The highest BCUT2D eigenvalue weighted by Gasteiger charge is 2.41. The van der Waals surface area contributed by atoms with Crippen LogP contribution in [0.25, 0.3) is 0 Å². The standard InChI is InChI=1S/C20H30N2O/c1-15-7-2-4-11-19(15)23-20-12-5-3-9-18(20)22-14-13-21-16-8-6-10-17(16)22/h2,4,7,11,16-18,20-21H,3,5-6,8-10,12-14H2,1H3. The second-order valence-electron chi connectivity index (χ2n) is 7.57. The number of nitrogens with zero attached hydrogens (tertiary/aromatic N) is 1. The Balaban J connectivity index is 1.52. The Bertz CT molecular complexity index is 532. The second kappa shape index (κ2) is 6.82. The number of nitrogens with one attached hydrogen (secondary N) is 1. The van der Waals surface area contributed by atoms with Crippen LogP contribution in [0.4, 0.5) is 0 Å². The van der Waals surface area contributed by atoms with Crippen LogP contribution in [-0.4, -0.2) is 42.2 Å². The molecule has 3 heteroatoms. The largest absolute Gasteiger partial charge is 0.489 e. The predicted octanol–water partition coefficient (Wildman–Crippen LogP) is 3.51. The van der Waals surface area contributed by atoms with Crippen molar-refractivity contribution in [1.29, 1.82) is 0 Å². The lowest BCUT2D eigenvalue weighted by molar-refractivity contribution is -0.00517. The van der Waals surface area contributed by atoms with Crippen LogP contribution in [0.3, 0.4) is 0 Å². The number of piperazine rings is 1. The van der Waals surface area contributed by atoms with E-state index in [1.807, 2.05) is 0 Å². The van der Waals surface area contributed by atoms with Crippen LogP contribution in [0.1, 0.15) is 50.5 Å². The summed E-state index contributed by atoms with van der Waals surface area (Å²) in [6.07, 6.45) is 9.66. The highest BCUT2D eigenvalue weighted by Crippen LogP contribution is 2.34. The maximum absolute atomic E-state index is 6.54. The lowest BCUT2D eigenvalue weighted by Crippen LogP contribution is -2.62. The Morgan fingerprint density at radius 3 is 2.74 bits per heavy atom. The van der Waals surface area contributed by atoms with Gasteiger partial charge >= 0.3 is 0 Å². The number of ether oxygens (including phenoxy) is 1. The lowest BCUT2D eigenvalue weighted by atomic mass is 9.88. The smallest absolute Gasteiger partial charge is 0.122 e. The van der Waals surface area contributed by atoms with Gasteiger partial charge in [-0.25, -0.2) is 0 Å². The van der Waals surface area contributed by atoms with Gasteiger partial charge in [-0.3, -0.25) is 4.90 Å². The summed E-state index contributed by atoms with van der Waals surface area (Å²) in [7, 11) is 0. The molecule has 3 fully saturated rings. The molecule has 126 valence electrons. The van der Waals surface area contributed by atoms with Crippen LogP contribution < -0.4 is 10.1 Å². The Kier molecular flexibility index (Phi) is 4.59. The normalized spacial score (nSPS) is 35.0. The molecule has 2 saturated carbocycles. The molecule has 0 amide bonds. The number of benzene rings is 1. The summed E-state index contributed by atoms with van der Waals surface area (Å²) in [6, 6.07) is 10.6. The van der Waals surface area contributed by atoms with Crippen molar-refractivity contribution in [3.05, 3.63) is 29.8 Å². The zero-order chi connectivity index (χ0) is 15.6. The zero-order valence-corrected chi connectivity index (χ0v) is 14.3. The van der Waals surface area contributed by atoms with E-state index in [0.29, 0.717) is 12.1 Å². The summed E-state index contributed by atoms with van der Waals surface area (Å²) >= 11 is 0. The van der Waals surface area contributed by atoms with Gasteiger partial charge in [0.1, 0.15) is 11.9 Å². The van der Waals surface area contributed by atoms with E-state index in [2.05, 4.69) is 41.4 Å². The average molecular weight is 314 g/mol. The second-order valence-corrected chi connectivity index (χ2v) is 7.57. The molecule has 4 unspecified atom stereocenters. The van der Waals surface area contributed by atoms with Gasteiger partial charge in [0.15, 0.2) is 0 Å². The maximum Gasteiger partial charge on any atom is 0.122 e. The molecule has 0 radical (unpaired) electrons. The van der Waals surface area contributed by atoms with Crippen LogP contribution in [-0.2, 0) is 0 Å². The molecule has 23 heavy (non-hydrogen) atoms. The first kappa shape index (κ1) is 15.5. The first-order valence-corrected chi connectivity index (χ1v) is 9.54. The SMILES string of the molecule is Cc1ccccc1OC1CCCCC1N1CCNC2CCCC21. The molecule has 1 aromatic carbocycles. The quantitative estimate of drug-likeness (QED) is 0.924. The van der Waals surface area contributed by atoms with E-state index in [1.165, 1.54) is 57.1 Å². The van der Waals surface area contributed by atoms with Gasteiger partial charge in [0.25, 0.3) is 0 Å². The summed E-state index contributed by atoms with van der Waals surface area (Å²) in [5, 5.41) is 3.74. The van der Waals surface area contributed by atoms with E-state index < -0.39 is 0 Å². The van der Waals surface area contributed by atoms with E-state index >= 15 is 0 Å². The fourth-order valence-corrected chi connectivity index (χ4v) is 4.98. The molecule has 4 atom stereocenters. The van der Waals surface area contributed by atoms with E-state index in [9.17, 15) is 0 Å². The van der Waals surface area contributed by atoms with Crippen LogP contribution in [0, 0.1) is 6.92 Å². The van der Waals surface area contributed by atoms with Crippen LogP contribution in [0.15, 0.2) is 24.3 Å². The summed E-state index contributed by atoms with van der Waals surface area (Å²) in [6.45, 7) is 4.50. The van der Waals surface area contributed by atoms with Crippen molar-refractivity contribution in [2.75, 3.05) is 13.1 Å². The molecule has 0 spiro atoms. The van der Waals surface area contributed by atoms with E-state index in [4.69, 9.17) is 4.74 Å². The molecule has 4 rings (SSSR count). The summed E-state index contributed by atoms with van der Waals surface area (Å²) in [5.74, 6) is 1.09. The number of para-hydroxylation sites is 1. The third kappa shape index (κ3) is 3.14. The van der Waals surface area contributed by atoms with Crippen molar-refractivity contribution in [2.24, 2.45) is 0 Å². The first-order valence-electron chi connectivity index (χ1n) is 9.54. The van der Waals surface area contributed by atoms with Crippen LogP contribution in [0.2, 0.25) is 0 Å². The Labute approximate surface area is 140 Å². The van der Waals surface area contributed by atoms with Crippen molar-refractivity contribution < 1.29 is 4.74 Å². The number of rotatable bonds is 3. The van der Waals surface area contributed by atoms with Crippen LogP contribution >= 0.6 is 0 Å². The molecule has 1 heterocycles. The number of hydrogen-bond donors (Lipinski definition) is 1. The Morgan fingerprint density at radius 1 is 1.00 bits per heavy atom. The van der Waals surface area contributed by atoms with Gasteiger partial charge in [0, 0.05) is 31.2 Å². The van der Waals surface area contributed by atoms with Gasteiger partial charge in [-0.05, 0) is 50.7 Å². The fourth-order valence-electron chi connectivity index (χ4n) is 4.98. The molecule has 1 N–H and O–H groups in total. The van der Waals surface area contributed by atoms with Gasteiger partial charge in [-0.1, -0.05) is 31.0 Å². The molecule has 1 saturated heterocycles. The molecule has 3 nitrogen and oxygen atoms in total. The van der Waals surface area contributed by atoms with E-state index in [0.717, 1.165) is 24.4 Å². The molecule has 1 aliphatic heterocycles. The minimum absolute atomic E-state index is 0.365. The Morgan fingerprint density at radius 2 is 1.83 bits per heavy atom. The molecular formula is C20H30N2O. The van der Waals surface area contributed by atoms with Gasteiger partial charge in [0.2, 0.25) is 0 Å². The zero-order valence-electron chi connectivity index (χ0n) is 14.3. The van der Waals surface area contributed by atoms with E-state index in [1.54, 1.807) is 0 Å². The first-order chi connectivity index (χ1) is 11.3. The van der Waals surface area contributed by atoms with Crippen molar-refractivity contribution in [3.8, 4) is 5.75 Å². The highest BCUT2D eigenvalue weighted by atomic mass is 16.5. The van der Waals surface area contributed by atoms with Crippen LogP contribution in [0.5, 0.6) is 5.75 Å². The summed E-state index contributed by atoms with van der Waals surface area (Å²) in [5.41, 5.74) is 1.26. The molecule has 1 aromatic rings. The fraction of sp³-hybridized carbons (Fsp3) is 0.700. The highest BCUT2D eigenvalue weighted by molar-refractivity contribution is 5.32. The molecule has 0 bridgehead atoms. The van der Waals surface area contributed by atoms with Gasteiger partial charge in [0.05, 0.1) is 0 Å². The lowest BCUT2D eigenvalue weighted by Gasteiger charge is -2.47. The third-order valence-corrected chi connectivity index (χ3v) is 6.15. The molecule has 3 aliphatic rings. The maximum atomic E-state index is 6.54. The van der Waals surface area contributed by atoms with Gasteiger partial charge < -0.3 is 10.1 Å². The Hall–Kier alpha value is -1.06. The molecule has 2 aliphatic carbocycles. The van der Waals surface area contributed by atoms with Crippen molar-refractivity contribution in [3.63, 3.8) is 0 Å². The van der Waals surface area contributed by atoms with E-state index in [-0.39, 0.29) is 0 Å². The summed E-state index contributed by atoms with van der Waals surface area (Å²) in [4.78, 5) is 2.82. The minimum atomic E-state index is 0.365. The van der Waals surface area contributed by atoms with Crippen molar-refractivity contribution in [2.45, 2.75) is 76.1 Å². The molecular weight excluding hydrogens is 284 g/mol. The average Bonchev–Trinajstić information content (AvgIpc) is 3.06. The predicted molar refractivity (Wildman–Crippen MR) is 94.0 cm³/mol. The topological polar surface area (TPSA) is 24.5 Å². The number of aryl methyl sites for hydroxylation is 1. The minimum Gasteiger partial charge on any atom is -0.489 e. The monoisotopic (exact) mass is 314 g/mol. The third-order valence-electron chi connectivity index (χ3n) is 6.15.